The highest BCUT2D eigenvalue weighted by Gasteiger charge is 2.08. The fourth-order valence-electron chi connectivity index (χ4n) is 2.67. The number of aromatic nitrogens is 2. The lowest BCUT2D eigenvalue weighted by Gasteiger charge is -2.09. The van der Waals surface area contributed by atoms with Crippen molar-refractivity contribution in [2.75, 3.05) is 5.43 Å². The summed E-state index contributed by atoms with van der Waals surface area (Å²) in [5.41, 5.74) is 8.64. The molecule has 0 saturated carbocycles. The predicted octanol–water partition coefficient (Wildman–Crippen LogP) is 4.09. The highest BCUT2D eigenvalue weighted by atomic mass is 16.3. The fourth-order valence-corrected chi connectivity index (χ4v) is 2.67. The lowest BCUT2D eigenvalue weighted by atomic mass is 10.0. The van der Waals surface area contributed by atoms with Gasteiger partial charge in [0.1, 0.15) is 11.6 Å². The van der Waals surface area contributed by atoms with E-state index in [-0.39, 0.29) is 6.61 Å². The van der Waals surface area contributed by atoms with E-state index < -0.39 is 0 Å². The van der Waals surface area contributed by atoms with Gasteiger partial charge in [0.15, 0.2) is 0 Å². The van der Waals surface area contributed by atoms with Crippen LogP contribution in [0.2, 0.25) is 0 Å². The van der Waals surface area contributed by atoms with Crippen molar-refractivity contribution in [1.82, 2.24) is 9.97 Å². The molecule has 0 aliphatic heterocycles. The zero-order chi connectivity index (χ0) is 18.5. The minimum atomic E-state index is -0.0350. The number of rotatable bonds is 5. The van der Waals surface area contributed by atoms with E-state index in [1.807, 2.05) is 56.3 Å². The van der Waals surface area contributed by atoms with Crippen molar-refractivity contribution in [3.8, 4) is 11.3 Å². The molecule has 2 N–H and O–H groups in total. The van der Waals surface area contributed by atoms with Gasteiger partial charge < -0.3 is 5.11 Å². The normalized spacial score (nSPS) is 11.5. The van der Waals surface area contributed by atoms with Crippen LogP contribution in [0.25, 0.3) is 11.3 Å². The van der Waals surface area contributed by atoms with Crippen molar-refractivity contribution in [2.24, 2.45) is 5.10 Å². The first kappa shape index (κ1) is 17.8. The van der Waals surface area contributed by atoms with Crippen molar-refractivity contribution in [3.05, 3.63) is 77.1 Å². The summed E-state index contributed by atoms with van der Waals surface area (Å²) in [6.07, 6.45) is 0. The second kappa shape index (κ2) is 7.89. The number of aliphatic hydroxyl groups excluding tert-OH is 1. The fraction of sp³-hybridized carbons (Fsp3) is 0.190. The molecule has 3 rings (SSSR count). The Hall–Kier alpha value is -3.05. The lowest BCUT2D eigenvalue weighted by molar-refractivity contribution is 0.282. The van der Waals surface area contributed by atoms with E-state index in [0.717, 1.165) is 28.1 Å². The number of hydrogen-bond donors (Lipinski definition) is 2. The van der Waals surface area contributed by atoms with Crippen LogP contribution in [0.5, 0.6) is 0 Å². The molecule has 5 heteroatoms. The highest BCUT2D eigenvalue weighted by molar-refractivity contribution is 5.99. The molecule has 0 aliphatic carbocycles. The average molecular weight is 346 g/mol. The topological polar surface area (TPSA) is 70.4 Å². The van der Waals surface area contributed by atoms with Crippen LogP contribution in [0.1, 0.15) is 29.4 Å². The van der Waals surface area contributed by atoms with Gasteiger partial charge in [-0.15, -0.1) is 0 Å². The molecule has 0 aliphatic rings. The van der Waals surface area contributed by atoms with Gasteiger partial charge in [0.05, 0.1) is 18.0 Å². The molecule has 1 aromatic heterocycles. The predicted molar refractivity (Wildman–Crippen MR) is 105 cm³/mol. The zero-order valence-electron chi connectivity index (χ0n) is 15.2. The molecular formula is C21H22N4O. The van der Waals surface area contributed by atoms with Crippen LogP contribution < -0.4 is 5.43 Å². The quantitative estimate of drug-likeness (QED) is 0.539. The Morgan fingerprint density at radius 1 is 1.04 bits per heavy atom. The second-order valence-corrected chi connectivity index (χ2v) is 6.18. The van der Waals surface area contributed by atoms with Crippen molar-refractivity contribution in [1.29, 1.82) is 0 Å². The summed E-state index contributed by atoms with van der Waals surface area (Å²) < 4.78 is 0. The molecule has 5 nitrogen and oxygen atoms in total. The maximum absolute atomic E-state index is 9.56. The van der Waals surface area contributed by atoms with Crippen LogP contribution in [0, 0.1) is 13.8 Å². The van der Waals surface area contributed by atoms with E-state index >= 15 is 0 Å². The number of hydrogen-bond acceptors (Lipinski definition) is 5. The average Bonchev–Trinajstić information content (AvgIpc) is 2.66. The monoisotopic (exact) mass is 346 g/mol. The summed E-state index contributed by atoms with van der Waals surface area (Å²) in [4.78, 5) is 8.90. The Morgan fingerprint density at radius 3 is 2.50 bits per heavy atom. The number of anilines is 1. The maximum atomic E-state index is 9.56. The molecule has 2 aromatic carbocycles. The Kier molecular flexibility index (Phi) is 5.39. The van der Waals surface area contributed by atoms with Gasteiger partial charge in [0.2, 0.25) is 0 Å². The summed E-state index contributed by atoms with van der Waals surface area (Å²) in [5, 5.41) is 14.0. The van der Waals surface area contributed by atoms with Crippen molar-refractivity contribution in [3.63, 3.8) is 0 Å². The van der Waals surface area contributed by atoms with Crippen LogP contribution in [-0.4, -0.2) is 20.8 Å². The molecule has 0 spiro atoms. The second-order valence-electron chi connectivity index (χ2n) is 6.18. The lowest BCUT2D eigenvalue weighted by Crippen LogP contribution is -2.03. The molecule has 3 aromatic rings. The number of nitrogens with zero attached hydrogens (tertiary/aromatic N) is 3. The smallest absolute Gasteiger partial charge is 0.150 e. The van der Waals surface area contributed by atoms with Crippen LogP contribution in [-0.2, 0) is 6.61 Å². The largest absolute Gasteiger partial charge is 0.392 e. The summed E-state index contributed by atoms with van der Waals surface area (Å²) >= 11 is 0. The Bertz CT molecular complexity index is 933. The molecule has 0 amide bonds. The summed E-state index contributed by atoms with van der Waals surface area (Å²) in [6.45, 7) is 5.82. The van der Waals surface area contributed by atoms with Gasteiger partial charge in [-0.25, -0.2) is 9.97 Å². The number of hydrazone groups is 1. The molecular weight excluding hydrogens is 324 g/mol. The van der Waals surface area contributed by atoms with Gasteiger partial charge in [-0.3, -0.25) is 5.43 Å². The van der Waals surface area contributed by atoms with E-state index in [0.29, 0.717) is 11.6 Å². The van der Waals surface area contributed by atoms with Crippen molar-refractivity contribution < 1.29 is 5.11 Å². The molecule has 0 fully saturated rings. The molecule has 132 valence electrons. The molecule has 26 heavy (non-hydrogen) atoms. The van der Waals surface area contributed by atoms with Gasteiger partial charge in [-0.2, -0.15) is 5.10 Å². The third kappa shape index (κ3) is 4.13. The zero-order valence-corrected chi connectivity index (χ0v) is 15.2. The summed E-state index contributed by atoms with van der Waals surface area (Å²) in [7, 11) is 0. The van der Waals surface area contributed by atoms with E-state index in [1.54, 1.807) is 0 Å². The number of benzene rings is 2. The first-order valence-electron chi connectivity index (χ1n) is 8.49. The van der Waals surface area contributed by atoms with Gasteiger partial charge >= 0.3 is 0 Å². The van der Waals surface area contributed by atoms with Crippen LogP contribution in [0.4, 0.5) is 5.82 Å². The van der Waals surface area contributed by atoms with Gasteiger partial charge in [0.25, 0.3) is 0 Å². The third-order valence-electron chi connectivity index (χ3n) is 4.11. The molecule has 0 radical (unpaired) electrons. The van der Waals surface area contributed by atoms with Crippen LogP contribution in [0.3, 0.4) is 0 Å². The van der Waals surface area contributed by atoms with Crippen LogP contribution in [0.15, 0.2) is 59.7 Å². The van der Waals surface area contributed by atoms with Crippen molar-refractivity contribution >= 4 is 11.5 Å². The van der Waals surface area contributed by atoms with Crippen molar-refractivity contribution in [2.45, 2.75) is 27.4 Å². The maximum Gasteiger partial charge on any atom is 0.150 e. The minimum Gasteiger partial charge on any atom is -0.392 e. The van der Waals surface area contributed by atoms with E-state index in [9.17, 15) is 5.11 Å². The molecule has 0 saturated heterocycles. The third-order valence-corrected chi connectivity index (χ3v) is 4.11. The SMILES string of the molecule is CC(=NNc1cc(-c2ccccc2CO)nc(C)n1)c1ccc(C)cc1. The Balaban J connectivity index is 1.88. The van der Waals surface area contributed by atoms with Gasteiger partial charge in [-0.1, -0.05) is 54.1 Å². The van der Waals surface area contributed by atoms with Gasteiger partial charge in [0, 0.05) is 11.6 Å². The molecule has 0 atom stereocenters. The van der Waals surface area contributed by atoms with E-state index in [2.05, 4.69) is 39.6 Å². The molecule has 0 unspecified atom stereocenters. The number of nitrogens with one attached hydrogen (secondary N) is 1. The summed E-state index contributed by atoms with van der Waals surface area (Å²) in [6, 6.07) is 17.7. The standard InChI is InChI=1S/C21H22N4O/c1-14-8-10-17(11-9-14)15(2)24-25-21-12-20(22-16(3)23-21)19-7-5-4-6-18(19)13-26/h4-12,26H,13H2,1-3H3,(H,22,23,25). The summed E-state index contributed by atoms with van der Waals surface area (Å²) in [5.74, 6) is 1.26. The van der Waals surface area contributed by atoms with E-state index in [4.69, 9.17) is 0 Å². The van der Waals surface area contributed by atoms with Gasteiger partial charge in [-0.05, 0) is 31.9 Å². The van der Waals surface area contributed by atoms with Crippen LogP contribution >= 0.6 is 0 Å². The molecule has 0 bridgehead atoms. The molecule has 1 heterocycles. The highest BCUT2D eigenvalue weighted by Crippen LogP contribution is 2.24. The van der Waals surface area contributed by atoms with E-state index in [1.165, 1.54) is 5.56 Å². The Labute approximate surface area is 153 Å². The number of aliphatic hydroxyl groups is 1. The minimum absolute atomic E-state index is 0.0350. The number of aryl methyl sites for hydroxylation is 2. The first-order valence-corrected chi connectivity index (χ1v) is 8.49. The Morgan fingerprint density at radius 2 is 1.77 bits per heavy atom. The first-order chi connectivity index (χ1) is 12.6.